The number of aromatic hydroxyl groups is 1. The third-order valence-electron chi connectivity index (χ3n) is 2.06. The van der Waals surface area contributed by atoms with Crippen LogP contribution in [0, 0.1) is 0 Å². The van der Waals surface area contributed by atoms with Crippen molar-refractivity contribution in [3.05, 3.63) is 27.7 Å². The summed E-state index contributed by atoms with van der Waals surface area (Å²) in [6.45, 7) is 2.03. The Balaban J connectivity index is 3.07. The summed E-state index contributed by atoms with van der Waals surface area (Å²) in [6, 6.07) is 2.94. The molecule has 0 heterocycles. The second-order valence-electron chi connectivity index (χ2n) is 3.22. The van der Waals surface area contributed by atoms with Crippen LogP contribution in [0.4, 0.5) is 0 Å². The SMILES string of the molecule is CCC[C@@H](N)c1cc(Cl)cc(Cl)c1O. The van der Waals surface area contributed by atoms with E-state index >= 15 is 0 Å². The summed E-state index contributed by atoms with van der Waals surface area (Å²) in [5, 5.41) is 10.4. The van der Waals surface area contributed by atoms with E-state index in [0.717, 1.165) is 12.8 Å². The van der Waals surface area contributed by atoms with Crippen LogP contribution >= 0.6 is 23.2 Å². The molecule has 3 N–H and O–H groups in total. The Morgan fingerprint density at radius 3 is 2.64 bits per heavy atom. The number of hydrogen-bond donors (Lipinski definition) is 2. The van der Waals surface area contributed by atoms with Crippen molar-refractivity contribution < 1.29 is 5.11 Å². The van der Waals surface area contributed by atoms with Crippen LogP contribution in [0.3, 0.4) is 0 Å². The number of nitrogens with two attached hydrogens (primary N) is 1. The predicted octanol–water partition coefficient (Wildman–Crippen LogP) is 3.50. The lowest BCUT2D eigenvalue weighted by Gasteiger charge is -2.13. The van der Waals surface area contributed by atoms with Crippen molar-refractivity contribution in [1.29, 1.82) is 0 Å². The van der Waals surface area contributed by atoms with Crippen LogP contribution in [0.25, 0.3) is 0 Å². The monoisotopic (exact) mass is 233 g/mol. The average Bonchev–Trinajstić information content (AvgIpc) is 2.11. The number of phenols is 1. The molecule has 78 valence electrons. The molecule has 1 aromatic rings. The van der Waals surface area contributed by atoms with Crippen LogP contribution in [-0.4, -0.2) is 5.11 Å². The normalized spacial score (nSPS) is 12.9. The molecule has 14 heavy (non-hydrogen) atoms. The molecule has 0 aliphatic carbocycles. The highest BCUT2D eigenvalue weighted by Crippen LogP contribution is 2.35. The molecule has 0 aliphatic heterocycles. The third-order valence-corrected chi connectivity index (χ3v) is 2.56. The molecule has 1 rings (SSSR count). The summed E-state index contributed by atoms with van der Waals surface area (Å²) in [4.78, 5) is 0. The molecule has 0 radical (unpaired) electrons. The second kappa shape index (κ2) is 4.87. The zero-order valence-corrected chi connectivity index (χ0v) is 9.44. The van der Waals surface area contributed by atoms with Crippen molar-refractivity contribution in [1.82, 2.24) is 0 Å². The fourth-order valence-corrected chi connectivity index (χ4v) is 1.84. The van der Waals surface area contributed by atoms with Crippen LogP contribution in [0.1, 0.15) is 31.4 Å². The summed E-state index contributed by atoms with van der Waals surface area (Å²) in [5.74, 6) is 0.0389. The van der Waals surface area contributed by atoms with Crippen LogP contribution in [0.15, 0.2) is 12.1 Å². The van der Waals surface area contributed by atoms with Crippen molar-refractivity contribution in [2.75, 3.05) is 0 Å². The number of phenolic OH excluding ortho intramolecular Hbond substituents is 1. The molecule has 0 spiro atoms. The van der Waals surface area contributed by atoms with Gasteiger partial charge in [0.1, 0.15) is 5.75 Å². The Bertz CT molecular complexity index is 328. The van der Waals surface area contributed by atoms with Gasteiger partial charge in [-0.1, -0.05) is 36.5 Å². The molecule has 0 unspecified atom stereocenters. The topological polar surface area (TPSA) is 46.2 Å². The summed E-state index contributed by atoms with van der Waals surface area (Å²) < 4.78 is 0. The maximum atomic E-state index is 9.65. The number of hydrogen-bond acceptors (Lipinski definition) is 2. The van der Waals surface area contributed by atoms with Gasteiger partial charge in [-0.25, -0.2) is 0 Å². The molecular formula is C10H13Cl2NO. The van der Waals surface area contributed by atoms with Gasteiger partial charge < -0.3 is 10.8 Å². The van der Waals surface area contributed by atoms with E-state index in [-0.39, 0.29) is 16.8 Å². The molecule has 0 aliphatic rings. The molecule has 2 nitrogen and oxygen atoms in total. The summed E-state index contributed by atoms with van der Waals surface area (Å²) in [6.07, 6.45) is 1.75. The van der Waals surface area contributed by atoms with Gasteiger partial charge in [0.15, 0.2) is 0 Å². The fourth-order valence-electron chi connectivity index (χ4n) is 1.34. The Kier molecular flexibility index (Phi) is 4.05. The lowest BCUT2D eigenvalue weighted by Crippen LogP contribution is -2.10. The standard InChI is InChI=1S/C10H13Cl2NO/c1-2-3-9(13)7-4-6(11)5-8(12)10(7)14/h4-5,9,14H,2-3,13H2,1H3/t9-/m1/s1. The van der Waals surface area contributed by atoms with E-state index in [0.29, 0.717) is 10.6 Å². The highest BCUT2D eigenvalue weighted by Gasteiger charge is 2.13. The Hall–Kier alpha value is -0.440. The Labute approximate surface area is 93.6 Å². The van der Waals surface area contributed by atoms with Crippen molar-refractivity contribution >= 4 is 23.2 Å². The molecule has 4 heteroatoms. The van der Waals surface area contributed by atoms with E-state index in [1.807, 2.05) is 6.92 Å². The van der Waals surface area contributed by atoms with E-state index in [9.17, 15) is 5.11 Å². The number of benzene rings is 1. The van der Waals surface area contributed by atoms with Crippen molar-refractivity contribution in [3.63, 3.8) is 0 Å². The minimum absolute atomic E-state index is 0.0389. The highest BCUT2D eigenvalue weighted by molar-refractivity contribution is 6.35. The van der Waals surface area contributed by atoms with Crippen molar-refractivity contribution in [2.24, 2.45) is 5.73 Å². The molecule has 0 fully saturated rings. The molecule has 0 aromatic heterocycles. The zero-order chi connectivity index (χ0) is 10.7. The minimum Gasteiger partial charge on any atom is -0.506 e. The maximum absolute atomic E-state index is 9.65. The van der Waals surface area contributed by atoms with Crippen LogP contribution < -0.4 is 5.73 Å². The lowest BCUT2D eigenvalue weighted by atomic mass is 10.0. The predicted molar refractivity (Wildman–Crippen MR) is 60.0 cm³/mol. The van der Waals surface area contributed by atoms with Gasteiger partial charge in [-0.2, -0.15) is 0 Å². The molecule has 0 saturated carbocycles. The molecule has 1 aromatic carbocycles. The van der Waals surface area contributed by atoms with Gasteiger partial charge in [0.25, 0.3) is 0 Å². The first kappa shape index (κ1) is 11.6. The van der Waals surface area contributed by atoms with Gasteiger partial charge in [0.05, 0.1) is 5.02 Å². The quantitative estimate of drug-likeness (QED) is 0.840. The molecular weight excluding hydrogens is 221 g/mol. The summed E-state index contributed by atoms with van der Waals surface area (Å²) in [5.41, 5.74) is 6.48. The van der Waals surface area contributed by atoms with E-state index in [4.69, 9.17) is 28.9 Å². The molecule has 0 saturated heterocycles. The number of rotatable bonds is 3. The van der Waals surface area contributed by atoms with Gasteiger partial charge in [-0.3, -0.25) is 0 Å². The highest BCUT2D eigenvalue weighted by atomic mass is 35.5. The Morgan fingerprint density at radius 1 is 1.43 bits per heavy atom. The fraction of sp³-hybridized carbons (Fsp3) is 0.400. The van der Waals surface area contributed by atoms with Gasteiger partial charge >= 0.3 is 0 Å². The van der Waals surface area contributed by atoms with Crippen LogP contribution in [0.5, 0.6) is 5.75 Å². The Morgan fingerprint density at radius 2 is 2.07 bits per heavy atom. The van der Waals surface area contributed by atoms with Gasteiger partial charge in [-0.05, 0) is 18.6 Å². The van der Waals surface area contributed by atoms with Gasteiger partial charge in [-0.15, -0.1) is 0 Å². The molecule has 0 amide bonds. The average molecular weight is 234 g/mol. The first-order valence-electron chi connectivity index (χ1n) is 4.49. The van der Waals surface area contributed by atoms with Crippen LogP contribution in [0.2, 0.25) is 10.0 Å². The number of halogens is 2. The largest absolute Gasteiger partial charge is 0.506 e. The summed E-state index contributed by atoms with van der Waals surface area (Å²) in [7, 11) is 0. The lowest BCUT2D eigenvalue weighted by molar-refractivity contribution is 0.458. The smallest absolute Gasteiger partial charge is 0.139 e. The first-order valence-corrected chi connectivity index (χ1v) is 5.25. The molecule has 1 atom stereocenters. The zero-order valence-electron chi connectivity index (χ0n) is 7.93. The van der Waals surface area contributed by atoms with E-state index in [2.05, 4.69) is 0 Å². The summed E-state index contributed by atoms with van der Waals surface area (Å²) >= 11 is 11.6. The van der Waals surface area contributed by atoms with Crippen molar-refractivity contribution in [2.45, 2.75) is 25.8 Å². The minimum atomic E-state index is -0.212. The maximum Gasteiger partial charge on any atom is 0.139 e. The first-order chi connectivity index (χ1) is 6.56. The van der Waals surface area contributed by atoms with E-state index < -0.39 is 0 Å². The van der Waals surface area contributed by atoms with Gasteiger partial charge in [0.2, 0.25) is 0 Å². The van der Waals surface area contributed by atoms with E-state index in [1.54, 1.807) is 6.07 Å². The molecule has 0 bridgehead atoms. The van der Waals surface area contributed by atoms with Gasteiger partial charge in [0, 0.05) is 16.6 Å². The van der Waals surface area contributed by atoms with Crippen LogP contribution in [-0.2, 0) is 0 Å². The third kappa shape index (κ3) is 2.53. The van der Waals surface area contributed by atoms with Crippen molar-refractivity contribution in [3.8, 4) is 5.75 Å². The second-order valence-corrected chi connectivity index (χ2v) is 4.06. The van der Waals surface area contributed by atoms with E-state index in [1.165, 1.54) is 6.07 Å².